The third kappa shape index (κ3) is 5.64. The molecule has 1 N–H and O–H groups in total. The summed E-state index contributed by atoms with van der Waals surface area (Å²) < 4.78 is 0. The molecule has 23 heavy (non-hydrogen) atoms. The lowest BCUT2D eigenvalue weighted by atomic mass is 9.93. The highest BCUT2D eigenvalue weighted by atomic mass is 127. The number of halogens is 1. The predicted octanol–water partition coefficient (Wildman–Crippen LogP) is 3.21. The fourth-order valence-electron chi connectivity index (χ4n) is 3.09. The molecule has 1 aliphatic heterocycles. The van der Waals surface area contributed by atoms with Crippen molar-refractivity contribution in [2.75, 3.05) is 40.8 Å². The van der Waals surface area contributed by atoms with Crippen LogP contribution in [0.5, 0.6) is 0 Å². The maximum Gasteiger partial charge on any atom is 0.193 e. The molecule has 5 heteroatoms. The van der Waals surface area contributed by atoms with Crippen LogP contribution < -0.4 is 5.32 Å². The van der Waals surface area contributed by atoms with E-state index in [1.54, 1.807) is 0 Å². The predicted molar refractivity (Wildman–Crippen MR) is 110 cm³/mol. The molecule has 0 bridgehead atoms. The summed E-state index contributed by atoms with van der Waals surface area (Å²) in [4.78, 5) is 9.10. The van der Waals surface area contributed by atoms with Crippen LogP contribution in [0.2, 0.25) is 0 Å². The van der Waals surface area contributed by atoms with Crippen LogP contribution in [0.1, 0.15) is 31.9 Å². The smallest absolute Gasteiger partial charge is 0.193 e. The molecule has 1 aliphatic rings. The second-order valence-electron chi connectivity index (χ2n) is 7.15. The Kier molecular flexibility index (Phi) is 7.80. The van der Waals surface area contributed by atoms with E-state index in [2.05, 4.69) is 78.4 Å². The lowest BCUT2D eigenvalue weighted by Gasteiger charge is -2.29. The highest BCUT2D eigenvalue weighted by molar-refractivity contribution is 14.0. The molecule has 2 rings (SSSR count). The third-order valence-corrected chi connectivity index (χ3v) is 4.45. The summed E-state index contributed by atoms with van der Waals surface area (Å²) in [5.74, 6) is 1.02. The highest BCUT2D eigenvalue weighted by Crippen LogP contribution is 2.28. The van der Waals surface area contributed by atoms with Gasteiger partial charge in [0.15, 0.2) is 5.96 Å². The Bertz CT molecular complexity index is 499. The van der Waals surface area contributed by atoms with Crippen molar-refractivity contribution >= 4 is 29.9 Å². The van der Waals surface area contributed by atoms with Gasteiger partial charge in [0, 0.05) is 26.7 Å². The van der Waals surface area contributed by atoms with Gasteiger partial charge < -0.3 is 15.1 Å². The lowest BCUT2D eigenvalue weighted by molar-refractivity contribution is 0.294. The van der Waals surface area contributed by atoms with Gasteiger partial charge in [0.2, 0.25) is 0 Å². The van der Waals surface area contributed by atoms with Crippen molar-refractivity contribution in [3.63, 3.8) is 0 Å². The average Bonchev–Trinajstić information content (AvgIpc) is 2.84. The standard InChI is InChI=1S/C18H30N4.HI/c1-18(2)11-12-22(14-18)17(19-3)20-13-16(21(4)5)15-9-7-6-8-10-15;/h6-10,16H,11-14H2,1-5H3,(H,19,20);1H. The van der Waals surface area contributed by atoms with Crippen molar-refractivity contribution < 1.29 is 0 Å². The molecule has 1 aromatic carbocycles. The number of benzene rings is 1. The molecule has 1 heterocycles. The molecule has 0 amide bonds. The summed E-state index contributed by atoms with van der Waals surface area (Å²) in [6.07, 6.45) is 1.23. The number of hydrogen-bond acceptors (Lipinski definition) is 2. The topological polar surface area (TPSA) is 30.9 Å². The van der Waals surface area contributed by atoms with E-state index in [-0.39, 0.29) is 24.0 Å². The molecule has 1 saturated heterocycles. The average molecular weight is 430 g/mol. The van der Waals surface area contributed by atoms with E-state index in [1.807, 2.05) is 7.05 Å². The van der Waals surface area contributed by atoms with Crippen LogP contribution >= 0.6 is 24.0 Å². The molecular weight excluding hydrogens is 399 g/mol. The van der Waals surface area contributed by atoms with Crippen molar-refractivity contribution in [2.24, 2.45) is 10.4 Å². The SMILES string of the molecule is CN=C(NCC(c1ccccc1)N(C)C)N1CCC(C)(C)C1.I. The fraction of sp³-hybridized carbons (Fsp3) is 0.611. The number of likely N-dealkylation sites (N-methyl/N-ethyl adjacent to an activating group) is 1. The van der Waals surface area contributed by atoms with Gasteiger partial charge in [-0.25, -0.2) is 0 Å². The van der Waals surface area contributed by atoms with Crippen molar-refractivity contribution in [1.82, 2.24) is 15.1 Å². The van der Waals surface area contributed by atoms with Gasteiger partial charge in [-0.2, -0.15) is 0 Å². The zero-order valence-corrected chi connectivity index (χ0v) is 17.4. The minimum atomic E-state index is 0. The summed E-state index contributed by atoms with van der Waals surface area (Å²) in [6.45, 7) is 7.68. The Morgan fingerprint density at radius 1 is 1.30 bits per heavy atom. The summed E-state index contributed by atoms with van der Waals surface area (Å²) in [6, 6.07) is 11.0. The zero-order chi connectivity index (χ0) is 16.2. The van der Waals surface area contributed by atoms with E-state index in [0.29, 0.717) is 11.5 Å². The van der Waals surface area contributed by atoms with Gasteiger partial charge in [0.05, 0.1) is 6.04 Å². The van der Waals surface area contributed by atoms with Crippen molar-refractivity contribution in [1.29, 1.82) is 0 Å². The molecule has 4 nitrogen and oxygen atoms in total. The first kappa shape index (κ1) is 20.2. The molecule has 0 aliphatic carbocycles. The van der Waals surface area contributed by atoms with E-state index >= 15 is 0 Å². The van der Waals surface area contributed by atoms with Crippen molar-refractivity contribution in [2.45, 2.75) is 26.3 Å². The maximum atomic E-state index is 4.47. The van der Waals surface area contributed by atoms with E-state index < -0.39 is 0 Å². The van der Waals surface area contributed by atoms with Crippen LogP contribution in [0.25, 0.3) is 0 Å². The van der Waals surface area contributed by atoms with Gasteiger partial charge in [0.25, 0.3) is 0 Å². The first-order valence-electron chi connectivity index (χ1n) is 8.10. The molecular formula is C18H31IN4. The first-order chi connectivity index (χ1) is 10.4. The molecule has 0 radical (unpaired) electrons. The number of aliphatic imine (C=N–C) groups is 1. The minimum Gasteiger partial charge on any atom is -0.354 e. The summed E-state index contributed by atoms with van der Waals surface area (Å²) in [5, 5.41) is 3.56. The van der Waals surface area contributed by atoms with Gasteiger partial charge >= 0.3 is 0 Å². The molecule has 0 aromatic heterocycles. The van der Waals surface area contributed by atoms with Crippen LogP contribution in [0, 0.1) is 5.41 Å². The van der Waals surface area contributed by atoms with Gasteiger partial charge in [-0.05, 0) is 31.5 Å². The van der Waals surface area contributed by atoms with Crippen molar-refractivity contribution in [3.8, 4) is 0 Å². The summed E-state index contributed by atoms with van der Waals surface area (Å²) in [7, 11) is 6.13. The fourth-order valence-corrected chi connectivity index (χ4v) is 3.09. The highest BCUT2D eigenvalue weighted by Gasteiger charge is 2.31. The van der Waals surface area contributed by atoms with Crippen LogP contribution in [-0.4, -0.2) is 56.5 Å². The van der Waals surface area contributed by atoms with Crippen molar-refractivity contribution in [3.05, 3.63) is 35.9 Å². The Labute approximate surface area is 158 Å². The van der Waals surface area contributed by atoms with Crippen LogP contribution in [0.4, 0.5) is 0 Å². The number of nitrogens with one attached hydrogen (secondary N) is 1. The van der Waals surface area contributed by atoms with E-state index in [0.717, 1.165) is 25.6 Å². The van der Waals surface area contributed by atoms with Crippen LogP contribution in [0.3, 0.4) is 0 Å². The summed E-state index contributed by atoms with van der Waals surface area (Å²) in [5.41, 5.74) is 1.72. The summed E-state index contributed by atoms with van der Waals surface area (Å²) >= 11 is 0. The number of rotatable bonds is 4. The van der Waals surface area contributed by atoms with Gasteiger partial charge in [-0.15, -0.1) is 24.0 Å². The quantitative estimate of drug-likeness (QED) is 0.452. The number of likely N-dealkylation sites (tertiary alicyclic amines) is 1. The van der Waals surface area contributed by atoms with Crippen LogP contribution in [0.15, 0.2) is 35.3 Å². The molecule has 1 atom stereocenters. The lowest BCUT2D eigenvalue weighted by Crippen LogP contribution is -2.44. The van der Waals surface area contributed by atoms with E-state index in [9.17, 15) is 0 Å². The third-order valence-electron chi connectivity index (χ3n) is 4.45. The second kappa shape index (κ2) is 8.87. The largest absolute Gasteiger partial charge is 0.354 e. The van der Waals surface area contributed by atoms with E-state index in [1.165, 1.54) is 12.0 Å². The first-order valence-corrected chi connectivity index (χ1v) is 8.10. The minimum absolute atomic E-state index is 0. The molecule has 1 unspecified atom stereocenters. The monoisotopic (exact) mass is 430 g/mol. The number of hydrogen-bond donors (Lipinski definition) is 1. The molecule has 0 spiro atoms. The van der Waals surface area contributed by atoms with Crippen LogP contribution in [-0.2, 0) is 0 Å². The Balaban J connectivity index is 0.00000264. The molecule has 1 fully saturated rings. The van der Waals surface area contributed by atoms with E-state index in [4.69, 9.17) is 0 Å². The Morgan fingerprint density at radius 2 is 1.96 bits per heavy atom. The molecule has 130 valence electrons. The van der Waals surface area contributed by atoms with Gasteiger partial charge in [0.1, 0.15) is 0 Å². The second-order valence-corrected chi connectivity index (χ2v) is 7.15. The maximum absolute atomic E-state index is 4.47. The number of nitrogens with zero attached hydrogens (tertiary/aromatic N) is 3. The number of guanidine groups is 1. The Hall–Kier alpha value is -0.820. The normalized spacial score (nSPS) is 18.7. The Morgan fingerprint density at radius 3 is 2.43 bits per heavy atom. The van der Waals surface area contributed by atoms with Gasteiger partial charge in [-0.3, -0.25) is 4.99 Å². The zero-order valence-electron chi connectivity index (χ0n) is 15.0. The van der Waals surface area contributed by atoms with Gasteiger partial charge in [-0.1, -0.05) is 44.2 Å². The molecule has 1 aromatic rings. The molecule has 0 saturated carbocycles.